The van der Waals surface area contributed by atoms with Gasteiger partial charge in [0.25, 0.3) is 0 Å². The van der Waals surface area contributed by atoms with Crippen molar-refractivity contribution in [3.8, 4) is 0 Å². The molecule has 0 spiro atoms. The second-order valence-corrected chi connectivity index (χ2v) is 9.99. The summed E-state index contributed by atoms with van der Waals surface area (Å²) < 4.78 is 18.7. The molecule has 1 unspecified atom stereocenters. The molecule has 0 bridgehead atoms. The number of aliphatic hydroxyl groups is 1. The molecule has 8 nitrogen and oxygen atoms in total. The first-order chi connectivity index (χ1) is 19.4. The Morgan fingerprint density at radius 1 is 0.950 bits per heavy atom. The van der Waals surface area contributed by atoms with Gasteiger partial charge in [-0.25, -0.2) is 4.68 Å². The lowest BCUT2D eigenvalue weighted by molar-refractivity contribution is -0.145. The zero-order valence-electron chi connectivity index (χ0n) is 23.8. The predicted molar refractivity (Wildman–Crippen MR) is 154 cm³/mol. The first-order valence-electron chi connectivity index (χ1n) is 13.8. The number of aryl methyl sites for hydroxylation is 2. The first kappa shape index (κ1) is 29.4. The summed E-state index contributed by atoms with van der Waals surface area (Å²) in [6.07, 6.45) is -0.126. The van der Waals surface area contributed by atoms with Gasteiger partial charge in [-0.3, -0.25) is 4.79 Å². The van der Waals surface area contributed by atoms with Crippen LogP contribution in [-0.4, -0.2) is 52.5 Å². The Hall–Kier alpha value is -3.59. The van der Waals surface area contributed by atoms with E-state index in [1.165, 1.54) is 0 Å². The molecule has 0 aliphatic heterocycles. The minimum Gasteiger partial charge on any atom is -0.466 e. The summed E-state index contributed by atoms with van der Waals surface area (Å²) in [4.78, 5) is 13.1. The molecule has 0 saturated carbocycles. The van der Waals surface area contributed by atoms with Crippen LogP contribution in [0.15, 0.2) is 60.7 Å². The first-order valence-corrected chi connectivity index (χ1v) is 13.8. The van der Waals surface area contributed by atoms with E-state index in [0.717, 1.165) is 44.4 Å². The Bertz CT molecular complexity index is 1400. The van der Waals surface area contributed by atoms with Gasteiger partial charge in [0.1, 0.15) is 5.52 Å². The summed E-state index contributed by atoms with van der Waals surface area (Å²) in [5, 5.41) is 19.0. The van der Waals surface area contributed by atoms with E-state index < -0.39 is 12.0 Å². The molecule has 0 fully saturated rings. The van der Waals surface area contributed by atoms with Crippen molar-refractivity contribution in [2.45, 2.75) is 59.3 Å². The molecule has 0 saturated heterocycles. The maximum Gasteiger partial charge on any atom is 0.313 e. The van der Waals surface area contributed by atoms with Gasteiger partial charge >= 0.3 is 5.97 Å². The van der Waals surface area contributed by atoms with Crippen LogP contribution in [0, 0.1) is 13.8 Å². The van der Waals surface area contributed by atoms with Crippen LogP contribution in [0.25, 0.3) is 11.0 Å². The standard InChI is InChI=1S/C32H39N3O5/c1-5-40-32(37)29(20-26-12-11-22(2)28(19-26)24(4)36)27-13-14-30-31(23(27)3)33-34-35(30)15-16-38-17-18-39-21-25-9-7-6-8-10-25/h6-14,19,24,29,36H,5,15-18,20-21H2,1-4H3/t24-,29?/m0/s1. The van der Waals surface area contributed by atoms with Crippen LogP contribution in [0.4, 0.5) is 0 Å². The molecule has 40 heavy (non-hydrogen) atoms. The zero-order valence-corrected chi connectivity index (χ0v) is 23.8. The molecule has 4 aromatic rings. The number of fused-ring (bicyclic) bond motifs is 1. The predicted octanol–water partition coefficient (Wildman–Crippen LogP) is 5.22. The topological polar surface area (TPSA) is 95.7 Å². The monoisotopic (exact) mass is 545 g/mol. The van der Waals surface area contributed by atoms with Gasteiger partial charge in [-0.2, -0.15) is 0 Å². The van der Waals surface area contributed by atoms with E-state index in [0.29, 0.717) is 46.0 Å². The van der Waals surface area contributed by atoms with Crippen molar-refractivity contribution in [3.05, 3.63) is 94.0 Å². The molecule has 0 aliphatic rings. The lowest BCUT2D eigenvalue weighted by atomic mass is 9.87. The number of benzene rings is 3. The van der Waals surface area contributed by atoms with Gasteiger partial charge in [-0.05, 0) is 73.6 Å². The highest BCUT2D eigenvalue weighted by Crippen LogP contribution is 2.31. The lowest BCUT2D eigenvalue weighted by Crippen LogP contribution is -2.19. The highest BCUT2D eigenvalue weighted by molar-refractivity contribution is 5.85. The summed E-state index contributed by atoms with van der Waals surface area (Å²) in [6.45, 7) is 10.4. The number of carbonyl (C=O) groups excluding carboxylic acids is 1. The van der Waals surface area contributed by atoms with Crippen molar-refractivity contribution >= 4 is 17.0 Å². The van der Waals surface area contributed by atoms with E-state index in [-0.39, 0.29) is 5.97 Å². The number of nitrogens with zero attached hydrogens (tertiary/aromatic N) is 3. The van der Waals surface area contributed by atoms with Gasteiger partial charge in [0.05, 0.1) is 57.1 Å². The number of ether oxygens (including phenoxy) is 3. The molecule has 2 atom stereocenters. The van der Waals surface area contributed by atoms with Crippen molar-refractivity contribution in [2.24, 2.45) is 0 Å². The van der Waals surface area contributed by atoms with Crippen LogP contribution < -0.4 is 0 Å². The second-order valence-electron chi connectivity index (χ2n) is 9.99. The minimum atomic E-state index is -0.583. The summed E-state index contributed by atoms with van der Waals surface area (Å²) in [5.74, 6) is -0.780. The van der Waals surface area contributed by atoms with Gasteiger partial charge in [-0.1, -0.05) is 59.8 Å². The van der Waals surface area contributed by atoms with E-state index in [9.17, 15) is 9.90 Å². The summed E-state index contributed by atoms with van der Waals surface area (Å²) >= 11 is 0. The lowest BCUT2D eigenvalue weighted by Gasteiger charge is -2.20. The fraction of sp³-hybridized carbons (Fsp3) is 0.406. The Morgan fingerprint density at radius 3 is 2.48 bits per heavy atom. The van der Waals surface area contributed by atoms with Gasteiger partial charge in [0.15, 0.2) is 0 Å². The van der Waals surface area contributed by atoms with Gasteiger partial charge < -0.3 is 19.3 Å². The molecular formula is C32H39N3O5. The molecular weight excluding hydrogens is 506 g/mol. The number of rotatable bonds is 14. The Balaban J connectivity index is 1.42. The number of esters is 1. The number of aromatic nitrogens is 3. The van der Waals surface area contributed by atoms with E-state index in [1.807, 2.05) is 86.1 Å². The fourth-order valence-electron chi connectivity index (χ4n) is 4.93. The molecule has 8 heteroatoms. The minimum absolute atomic E-state index is 0.278. The third-order valence-electron chi connectivity index (χ3n) is 7.09. The van der Waals surface area contributed by atoms with Crippen LogP contribution in [0.3, 0.4) is 0 Å². The van der Waals surface area contributed by atoms with Crippen LogP contribution in [-0.2, 0) is 38.6 Å². The normalized spacial score (nSPS) is 12.9. The maximum atomic E-state index is 13.1. The maximum absolute atomic E-state index is 13.1. The molecule has 3 aromatic carbocycles. The van der Waals surface area contributed by atoms with Crippen molar-refractivity contribution in [2.75, 3.05) is 26.4 Å². The number of carbonyl (C=O) groups is 1. The third-order valence-corrected chi connectivity index (χ3v) is 7.09. The molecule has 0 radical (unpaired) electrons. The van der Waals surface area contributed by atoms with Crippen molar-refractivity contribution in [3.63, 3.8) is 0 Å². The van der Waals surface area contributed by atoms with Crippen molar-refractivity contribution in [1.29, 1.82) is 0 Å². The van der Waals surface area contributed by atoms with Gasteiger partial charge in [0.2, 0.25) is 0 Å². The largest absolute Gasteiger partial charge is 0.466 e. The van der Waals surface area contributed by atoms with Crippen LogP contribution in [0.5, 0.6) is 0 Å². The average Bonchev–Trinajstić information content (AvgIpc) is 3.37. The summed E-state index contributed by atoms with van der Waals surface area (Å²) in [5.41, 5.74) is 7.40. The quantitative estimate of drug-likeness (QED) is 0.171. The Morgan fingerprint density at radius 2 is 1.73 bits per heavy atom. The van der Waals surface area contributed by atoms with E-state index in [1.54, 1.807) is 6.92 Å². The SMILES string of the molecule is CCOC(=O)C(Cc1ccc(C)c([C@H](C)O)c1)c1ccc2c(nnn2CCOCCOCc2ccccc2)c1C. The van der Waals surface area contributed by atoms with E-state index in [4.69, 9.17) is 14.2 Å². The molecule has 212 valence electrons. The molecule has 1 aromatic heterocycles. The smallest absolute Gasteiger partial charge is 0.313 e. The van der Waals surface area contributed by atoms with Crippen LogP contribution >= 0.6 is 0 Å². The average molecular weight is 546 g/mol. The number of hydrogen-bond acceptors (Lipinski definition) is 7. The Kier molecular flexibility index (Phi) is 10.4. The highest BCUT2D eigenvalue weighted by atomic mass is 16.5. The molecule has 4 rings (SSSR count). The summed E-state index contributed by atoms with van der Waals surface area (Å²) in [6, 6.07) is 20.0. The van der Waals surface area contributed by atoms with E-state index in [2.05, 4.69) is 10.3 Å². The number of aliphatic hydroxyl groups excluding tert-OH is 1. The third kappa shape index (κ3) is 7.33. The fourth-order valence-corrected chi connectivity index (χ4v) is 4.93. The highest BCUT2D eigenvalue weighted by Gasteiger charge is 2.26. The van der Waals surface area contributed by atoms with Crippen LogP contribution in [0.2, 0.25) is 0 Å². The van der Waals surface area contributed by atoms with Gasteiger partial charge in [-0.15, -0.1) is 5.10 Å². The van der Waals surface area contributed by atoms with Crippen molar-refractivity contribution < 1.29 is 24.1 Å². The number of hydrogen-bond donors (Lipinski definition) is 1. The molecule has 1 N–H and O–H groups in total. The zero-order chi connectivity index (χ0) is 28.5. The summed E-state index contributed by atoms with van der Waals surface area (Å²) in [7, 11) is 0. The van der Waals surface area contributed by atoms with E-state index >= 15 is 0 Å². The molecule has 1 heterocycles. The molecule has 0 aliphatic carbocycles. The van der Waals surface area contributed by atoms with Crippen LogP contribution in [0.1, 0.15) is 59.3 Å². The van der Waals surface area contributed by atoms with Crippen molar-refractivity contribution in [1.82, 2.24) is 15.0 Å². The Labute approximate surface area is 235 Å². The van der Waals surface area contributed by atoms with Gasteiger partial charge in [0, 0.05) is 0 Å². The second kappa shape index (κ2) is 14.2. The molecule has 0 amide bonds.